The zero-order valence-corrected chi connectivity index (χ0v) is 8.09. The molecule has 0 bridgehead atoms. The van der Waals surface area contributed by atoms with Crippen molar-refractivity contribution in [1.29, 1.82) is 0 Å². The van der Waals surface area contributed by atoms with Crippen molar-refractivity contribution in [3.63, 3.8) is 0 Å². The number of pyridine rings is 1. The van der Waals surface area contributed by atoms with Crippen molar-refractivity contribution in [2.24, 2.45) is 0 Å². The van der Waals surface area contributed by atoms with Gasteiger partial charge in [-0.1, -0.05) is 17.8 Å². The third-order valence-electron chi connectivity index (χ3n) is 2.15. The highest BCUT2D eigenvalue weighted by Crippen LogP contribution is 2.30. The first-order chi connectivity index (χ1) is 6.36. The van der Waals surface area contributed by atoms with Crippen LogP contribution in [-0.4, -0.2) is 16.0 Å². The summed E-state index contributed by atoms with van der Waals surface area (Å²) >= 11 is 1.60. The van der Waals surface area contributed by atoms with Gasteiger partial charge in [0.15, 0.2) is 0 Å². The lowest BCUT2D eigenvalue weighted by Gasteiger charge is -2.05. The van der Waals surface area contributed by atoms with Gasteiger partial charge >= 0.3 is 0 Å². The van der Waals surface area contributed by atoms with Crippen molar-refractivity contribution in [3.05, 3.63) is 24.4 Å². The minimum absolute atomic E-state index is 0.162. The van der Waals surface area contributed by atoms with Crippen LogP contribution >= 0.6 is 11.8 Å². The van der Waals surface area contributed by atoms with Crippen LogP contribution in [0, 0.1) is 0 Å². The molecule has 1 saturated carbocycles. The minimum Gasteiger partial charge on any atom is -0.298 e. The first kappa shape index (κ1) is 8.75. The molecule has 2 nitrogen and oxygen atoms in total. The molecule has 1 atom stereocenters. The lowest BCUT2D eigenvalue weighted by molar-refractivity contribution is -0.116. The summed E-state index contributed by atoms with van der Waals surface area (Å²) in [5, 5.41) is 1.12. The zero-order chi connectivity index (χ0) is 9.10. The molecular formula is C10H11NOS. The number of carbonyl (C=O) groups excluding carboxylic acids is 1. The molecule has 68 valence electrons. The van der Waals surface area contributed by atoms with Gasteiger partial charge in [0.25, 0.3) is 0 Å². The maximum Gasteiger partial charge on any atom is 0.146 e. The lowest BCUT2D eigenvalue weighted by Crippen LogP contribution is -2.07. The predicted octanol–water partition coefficient (Wildman–Crippen LogP) is 2.30. The molecular weight excluding hydrogens is 182 g/mol. The van der Waals surface area contributed by atoms with Crippen LogP contribution in [0.4, 0.5) is 0 Å². The quantitative estimate of drug-likeness (QED) is 0.722. The van der Waals surface area contributed by atoms with Gasteiger partial charge in [-0.25, -0.2) is 4.98 Å². The largest absolute Gasteiger partial charge is 0.298 e. The Kier molecular flexibility index (Phi) is 2.64. The van der Waals surface area contributed by atoms with Crippen LogP contribution in [0.3, 0.4) is 0 Å². The first-order valence-corrected chi connectivity index (χ1v) is 5.34. The number of hydrogen-bond acceptors (Lipinski definition) is 3. The van der Waals surface area contributed by atoms with Gasteiger partial charge in [-0.05, 0) is 25.0 Å². The van der Waals surface area contributed by atoms with E-state index in [-0.39, 0.29) is 5.25 Å². The van der Waals surface area contributed by atoms with Gasteiger partial charge in [-0.15, -0.1) is 0 Å². The van der Waals surface area contributed by atoms with Crippen molar-refractivity contribution in [3.8, 4) is 0 Å². The first-order valence-electron chi connectivity index (χ1n) is 4.46. The third kappa shape index (κ3) is 2.10. The highest BCUT2D eigenvalue weighted by Gasteiger charge is 2.25. The number of Topliss-reactive ketones (excluding diaryl/α,β-unsaturated/α-hetero) is 1. The lowest BCUT2D eigenvalue weighted by atomic mass is 10.3. The number of thioether (sulfide) groups is 1. The topological polar surface area (TPSA) is 30.0 Å². The van der Waals surface area contributed by atoms with E-state index in [1.807, 2.05) is 18.2 Å². The van der Waals surface area contributed by atoms with Crippen LogP contribution < -0.4 is 0 Å². The number of nitrogens with zero attached hydrogens (tertiary/aromatic N) is 1. The summed E-state index contributed by atoms with van der Waals surface area (Å²) in [7, 11) is 0. The Morgan fingerprint density at radius 2 is 2.38 bits per heavy atom. The molecule has 0 radical (unpaired) electrons. The summed E-state index contributed by atoms with van der Waals surface area (Å²) in [4.78, 5) is 15.5. The molecule has 1 heterocycles. The standard InChI is InChI=1S/C10H11NOS/c12-8-4-3-5-9(8)13-10-6-1-2-7-11-10/h1-2,6-7,9H,3-5H2. The normalized spacial score (nSPS) is 22.2. The predicted molar refractivity (Wildman–Crippen MR) is 52.7 cm³/mol. The molecule has 1 fully saturated rings. The van der Waals surface area contributed by atoms with E-state index < -0.39 is 0 Å². The minimum atomic E-state index is 0.162. The van der Waals surface area contributed by atoms with Gasteiger partial charge in [-0.2, -0.15) is 0 Å². The zero-order valence-electron chi connectivity index (χ0n) is 7.27. The summed E-state index contributed by atoms with van der Waals surface area (Å²) in [6.45, 7) is 0. The number of aromatic nitrogens is 1. The van der Waals surface area contributed by atoms with Crippen LogP contribution in [0.1, 0.15) is 19.3 Å². The van der Waals surface area contributed by atoms with Crippen molar-refractivity contribution in [2.45, 2.75) is 29.5 Å². The van der Waals surface area contributed by atoms with E-state index in [1.54, 1.807) is 18.0 Å². The summed E-state index contributed by atoms with van der Waals surface area (Å²) in [6.07, 6.45) is 4.58. The van der Waals surface area contributed by atoms with E-state index in [1.165, 1.54) is 0 Å². The van der Waals surface area contributed by atoms with E-state index in [0.717, 1.165) is 24.3 Å². The molecule has 3 heteroatoms. The van der Waals surface area contributed by atoms with Gasteiger partial charge in [0.1, 0.15) is 5.78 Å². The number of ketones is 1. The fourth-order valence-electron chi connectivity index (χ4n) is 1.47. The van der Waals surface area contributed by atoms with Crippen molar-refractivity contribution < 1.29 is 4.79 Å². The molecule has 0 N–H and O–H groups in total. The second-order valence-corrected chi connectivity index (χ2v) is 4.36. The summed E-state index contributed by atoms with van der Waals surface area (Å²) in [5.41, 5.74) is 0. The Hall–Kier alpha value is -0.830. The summed E-state index contributed by atoms with van der Waals surface area (Å²) < 4.78 is 0. The molecule has 1 aromatic rings. The molecule has 2 rings (SSSR count). The fraction of sp³-hybridized carbons (Fsp3) is 0.400. The highest BCUT2D eigenvalue weighted by molar-refractivity contribution is 8.00. The molecule has 13 heavy (non-hydrogen) atoms. The SMILES string of the molecule is O=C1CCCC1Sc1ccccn1. The monoisotopic (exact) mass is 193 g/mol. The van der Waals surface area contributed by atoms with Gasteiger partial charge in [0.2, 0.25) is 0 Å². The Balaban J connectivity index is 2.02. The van der Waals surface area contributed by atoms with Gasteiger partial charge in [0, 0.05) is 12.6 Å². The highest BCUT2D eigenvalue weighted by atomic mass is 32.2. The van der Waals surface area contributed by atoms with Crippen LogP contribution in [0.2, 0.25) is 0 Å². The fourth-order valence-corrected chi connectivity index (χ4v) is 2.58. The van der Waals surface area contributed by atoms with E-state index in [4.69, 9.17) is 0 Å². The molecule has 0 aliphatic heterocycles. The molecule has 1 aromatic heterocycles. The maximum atomic E-state index is 11.3. The van der Waals surface area contributed by atoms with Crippen molar-refractivity contribution in [1.82, 2.24) is 4.98 Å². The Morgan fingerprint density at radius 1 is 1.46 bits per heavy atom. The molecule has 0 aromatic carbocycles. The van der Waals surface area contributed by atoms with Crippen molar-refractivity contribution in [2.75, 3.05) is 0 Å². The van der Waals surface area contributed by atoms with E-state index >= 15 is 0 Å². The molecule has 1 unspecified atom stereocenters. The smallest absolute Gasteiger partial charge is 0.146 e. The van der Waals surface area contributed by atoms with Gasteiger partial charge < -0.3 is 0 Å². The van der Waals surface area contributed by atoms with E-state index in [0.29, 0.717) is 5.78 Å². The molecule has 1 aliphatic carbocycles. The second-order valence-electron chi connectivity index (χ2n) is 3.13. The van der Waals surface area contributed by atoms with Gasteiger partial charge in [-0.3, -0.25) is 4.79 Å². The number of carbonyl (C=O) groups is 1. The average Bonchev–Trinajstić information content (AvgIpc) is 2.54. The second kappa shape index (κ2) is 3.92. The van der Waals surface area contributed by atoms with Crippen LogP contribution in [-0.2, 0) is 4.79 Å². The van der Waals surface area contributed by atoms with Crippen LogP contribution in [0.15, 0.2) is 29.4 Å². The van der Waals surface area contributed by atoms with E-state index in [9.17, 15) is 4.79 Å². The van der Waals surface area contributed by atoms with Crippen LogP contribution in [0.25, 0.3) is 0 Å². The maximum absolute atomic E-state index is 11.3. The number of hydrogen-bond donors (Lipinski definition) is 0. The van der Waals surface area contributed by atoms with E-state index in [2.05, 4.69) is 4.98 Å². The summed E-state index contributed by atoms with van der Waals surface area (Å²) in [5.74, 6) is 0.385. The number of rotatable bonds is 2. The van der Waals surface area contributed by atoms with Crippen molar-refractivity contribution >= 4 is 17.5 Å². The Morgan fingerprint density at radius 3 is 3.00 bits per heavy atom. The summed E-state index contributed by atoms with van der Waals surface area (Å²) in [6, 6.07) is 5.80. The average molecular weight is 193 g/mol. The third-order valence-corrected chi connectivity index (χ3v) is 3.42. The van der Waals surface area contributed by atoms with Gasteiger partial charge in [0.05, 0.1) is 10.3 Å². The molecule has 0 spiro atoms. The Labute approximate surface area is 81.8 Å². The molecule has 1 aliphatic rings. The Bertz CT molecular complexity index is 299. The van der Waals surface area contributed by atoms with Crippen LogP contribution in [0.5, 0.6) is 0 Å². The molecule has 0 amide bonds. The molecule has 0 saturated heterocycles.